The number of hydrogen-bond donors (Lipinski definition) is 2. The summed E-state index contributed by atoms with van der Waals surface area (Å²) in [6.07, 6.45) is 5.43. The molecule has 0 bridgehead atoms. The SMILES string of the molecule is CN(CCN)CCNCC1=CCCC=C1F.Cc1ccccc1F. The fourth-order valence-corrected chi connectivity index (χ4v) is 2.23. The van der Waals surface area contributed by atoms with Crippen molar-refractivity contribution in [3.05, 3.63) is 59.2 Å². The van der Waals surface area contributed by atoms with Crippen molar-refractivity contribution in [3.8, 4) is 0 Å². The Kier molecular flexibility index (Phi) is 10.2. The number of hydrogen-bond acceptors (Lipinski definition) is 3. The summed E-state index contributed by atoms with van der Waals surface area (Å²) < 4.78 is 25.6. The summed E-state index contributed by atoms with van der Waals surface area (Å²) in [7, 11) is 2.04. The molecule has 2 rings (SSSR count). The first-order valence-electron chi connectivity index (χ1n) is 8.40. The van der Waals surface area contributed by atoms with E-state index in [9.17, 15) is 8.78 Å². The van der Waals surface area contributed by atoms with Crippen molar-refractivity contribution in [2.24, 2.45) is 5.73 Å². The lowest BCUT2D eigenvalue weighted by molar-refractivity contribution is 0.342. The first-order valence-corrected chi connectivity index (χ1v) is 8.40. The zero-order valence-electron chi connectivity index (χ0n) is 14.7. The van der Waals surface area contributed by atoms with E-state index in [1.165, 1.54) is 6.07 Å². The number of aryl methyl sites for hydroxylation is 1. The lowest BCUT2D eigenvalue weighted by Crippen LogP contribution is -2.33. The summed E-state index contributed by atoms with van der Waals surface area (Å²) in [5.74, 6) is -0.193. The van der Waals surface area contributed by atoms with Crippen LogP contribution in [0.3, 0.4) is 0 Å². The molecule has 0 heterocycles. The van der Waals surface area contributed by atoms with Gasteiger partial charge in [0, 0.05) is 32.7 Å². The zero-order valence-corrected chi connectivity index (χ0v) is 14.7. The monoisotopic (exact) mass is 337 g/mol. The number of benzene rings is 1. The largest absolute Gasteiger partial charge is 0.329 e. The Bertz CT molecular complexity index is 520. The van der Waals surface area contributed by atoms with Gasteiger partial charge >= 0.3 is 0 Å². The number of rotatable bonds is 7. The topological polar surface area (TPSA) is 41.3 Å². The van der Waals surface area contributed by atoms with Crippen LogP contribution in [0.4, 0.5) is 8.78 Å². The van der Waals surface area contributed by atoms with E-state index in [0.717, 1.165) is 38.0 Å². The average Bonchev–Trinajstić information content (AvgIpc) is 2.57. The van der Waals surface area contributed by atoms with Gasteiger partial charge in [0.2, 0.25) is 0 Å². The summed E-state index contributed by atoms with van der Waals surface area (Å²) in [6.45, 7) is 5.75. The van der Waals surface area contributed by atoms with Crippen molar-refractivity contribution >= 4 is 0 Å². The van der Waals surface area contributed by atoms with E-state index in [-0.39, 0.29) is 11.6 Å². The molecule has 0 amide bonds. The van der Waals surface area contributed by atoms with Gasteiger partial charge in [0.25, 0.3) is 0 Å². The van der Waals surface area contributed by atoms with Crippen LogP contribution in [0, 0.1) is 12.7 Å². The standard InChI is InChI=1S/C12H22FN3.C7H7F/c1-16(8-6-14)9-7-15-10-11-4-2-3-5-12(11)13;1-6-4-2-3-5-7(6)8/h4-5,15H,2-3,6-10,14H2,1H3;2-5H,1H3. The fraction of sp³-hybridized carbons (Fsp3) is 0.474. The van der Waals surface area contributed by atoms with Crippen LogP contribution >= 0.6 is 0 Å². The van der Waals surface area contributed by atoms with Crippen LogP contribution in [0.15, 0.2) is 47.8 Å². The Morgan fingerprint density at radius 3 is 2.42 bits per heavy atom. The maximum atomic E-state index is 13.3. The van der Waals surface area contributed by atoms with Gasteiger partial charge in [0.15, 0.2) is 0 Å². The molecule has 0 unspecified atom stereocenters. The summed E-state index contributed by atoms with van der Waals surface area (Å²) in [4.78, 5) is 2.16. The van der Waals surface area contributed by atoms with Crippen LogP contribution in [0.1, 0.15) is 18.4 Å². The van der Waals surface area contributed by atoms with Gasteiger partial charge in [-0.25, -0.2) is 8.78 Å². The van der Waals surface area contributed by atoms with Gasteiger partial charge in [0.05, 0.1) is 0 Å². The van der Waals surface area contributed by atoms with Crippen LogP contribution in [0.2, 0.25) is 0 Å². The minimum absolute atomic E-state index is 0.0611. The van der Waals surface area contributed by atoms with Gasteiger partial charge < -0.3 is 16.0 Å². The van der Waals surface area contributed by atoms with E-state index in [4.69, 9.17) is 5.73 Å². The number of halogens is 2. The molecule has 5 heteroatoms. The summed E-state index contributed by atoms with van der Waals surface area (Å²) in [5.41, 5.74) is 6.94. The first-order chi connectivity index (χ1) is 11.5. The minimum Gasteiger partial charge on any atom is -0.329 e. The number of nitrogens with one attached hydrogen (secondary N) is 1. The molecule has 0 saturated heterocycles. The van der Waals surface area contributed by atoms with Crippen molar-refractivity contribution in [1.29, 1.82) is 0 Å². The van der Waals surface area contributed by atoms with Crippen molar-refractivity contribution in [2.45, 2.75) is 19.8 Å². The molecule has 1 aliphatic carbocycles. The van der Waals surface area contributed by atoms with Gasteiger partial charge in [-0.1, -0.05) is 24.3 Å². The van der Waals surface area contributed by atoms with Crippen molar-refractivity contribution in [1.82, 2.24) is 10.2 Å². The highest BCUT2D eigenvalue weighted by Gasteiger charge is 2.07. The lowest BCUT2D eigenvalue weighted by Gasteiger charge is -2.16. The summed E-state index contributed by atoms with van der Waals surface area (Å²) >= 11 is 0. The third-order valence-corrected chi connectivity index (χ3v) is 3.76. The fourth-order valence-electron chi connectivity index (χ4n) is 2.23. The van der Waals surface area contributed by atoms with Crippen LogP contribution in [0.25, 0.3) is 0 Å². The molecule has 24 heavy (non-hydrogen) atoms. The van der Waals surface area contributed by atoms with Gasteiger partial charge in [-0.05, 0) is 50.1 Å². The van der Waals surface area contributed by atoms with E-state index in [2.05, 4.69) is 10.2 Å². The van der Waals surface area contributed by atoms with Gasteiger partial charge in [-0.2, -0.15) is 0 Å². The molecule has 0 radical (unpaired) electrons. The van der Waals surface area contributed by atoms with Gasteiger partial charge in [-0.15, -0.1) is 0 Å². The number of likely N-dealkylation sites (N-methyl/N-ethyl adjacent to an activating group) is 1. The second kappa shape index (κ2) is 11.9. The average molecular weight is 337 g/mol. The normalized spacial score (nSPS) is 13.9. The summed E-state index contributed by atoms with van der Waals surface area (Å²) in [5, 5.41) is 3.24. The van der Waals surface area contributed by atoms with E-state index in [1.54, 1.807) is 25.1 Å². The maximum Gasteiger partial charge on any atom is 0.126 e. The smallest absolute Gasteiger partial charge is 0.126 e. The Morgan fingerprint density at radius 1 is 1.12 bits per heavy atom. The van der Waals surface area contributed by atoms with Gasteiger partial charge in [0.1, 0.15) is 11.6 Å². The highest BCUT2D eigenvalue weighted by atomic mass is 19.1. The third kappa shape index (κ3) is 8.34. The first kappa shape index (κ1) is 20.5. The van der Waals surface area contributed by atoms with Crippen molar-refractivity contribution in [3.63, 3.8) is 0 Å². The highest BCUT2D eigenvalue weighted by Crippen LogP contribution is 2.18. The van der Waals surface area contributed by atoms with Crippen LogP contribution < -0.4 is 11.1 Å². The lowest BCUT2D eigenvalue weighted by atomic mass is 10.1. The molecule has 134 valence electrons. The predicted molar refractivity (Wildman–Crippen MR) is 97.1 cm³/mol. The third-order valence-electron chi connectivity index (χ3n) is 3.76. The molecule has 0 atom stereocenters. The summed E-state index contributed by atoms with van der Waals surface area (Å²) in [6, 6.07) is 6.70. The van der Waals surface area contributed by atoms with Crippen LogP contribution in [-0.2, 0) is 0 Å². The molecule has 1 aromatic rings. The molecule has 0 fully saturated rings. The predicted octanol–water partition coefficient (Wildman–Crippen LogP) is 3.17. The highest BCUT2D eigenvalue weighted by molar-refractivity contribution is 5.29. The van der Waals surface area contributed by atoms with Crippen LogP contribution in [-0.4, -0.2) is 44.7 Å². The molecule has 1 aliphatic rings. The molecule has 3 nitrogen and oxygen atoms in total. The Labute approximate surface area is 144 Å². The second-order valence-electron chi connectivity index (χ2n) is 5.88. The molecule has 1 aromatic carbocycles. The van der Waals surface area contributed by atoms with E-state index < -0.39 is 0 Å². The molecule has 0 aromatic heterocycles. The minimum atomic E-state index is -0.132. The second-order valence-corrected chi connectivity index (χ2v) is 5.88. The van der Waals surface area contributed by atoms with E-state index >= 15 is 0 Å². The zero-order chi connectivity index (χ0) is 17.8. The maximum absolute atomic E-state index is 13.3. The van der Waals surface area contributed by atoms with Crippen LogP contribution in [0.5, 0.6) is 0 Å². The van der Waals surface area contributed by atoms with Crippen molar-refractivity contribution < 1.29 is 8.78 Å². The van der Waals surface area contributed by atoms with E-state index in [1.807, 2.05) is 19.2 Å². The molecule has 0 saturated carbocycles. The van der Waals surface area contributed by atoms with E-state index in [0.29, 0.717) is 18.7 Å². The van der Waals surface area contributed by atoms with Gasteiger partial charge in [-0.3, -0.25) is 0 Å². The molecule has 0 aliphatic heterocycles. The molecule has 0 spiro atoms. The Hall–Kier alpha value is -1.56. The number of nitrogens with two attached hydrogens (primary N) is 1. The Balaban J connectivity index is 0.000000300. The molecular weight excluding hydrogens is 308 g/mol. The quantitative estimate of drug-likeness (QED) is 0.751. The molecule has 3 N–H and O–H groups in total. The number of nitrogens with zero attached hydrogens (tertiary/aromatic N) is 1. The number of allylic oxidation sites excluding steroid dienone is 2. The van der Waals surface area contributed by atoms with Crippen molar-refractivity contribution in [2.75, 3.05) is 39.8 Å². The molecular formula is C19H29F2N3. The Morgan fingerprint density at radius 2 is 1.83 bits per heavy atom.